The van der Waals surface area contributed by atoms with Crippen molar-refractivity contribution in [2.45, 2.75) is 58.7 Å². The molecule has 1 saturated heterocycles. The summed E-state index contributed by atoms with van der Waals surface area (Å²) in [7, 11) is 0. The van der Waals surface area contributed by atoms with E-state index in [1.54, 1.807) is 4.90 Å². The van der Waals surface area contributed by atoms with Gasteiger partial charge in [0.1, 0.15) is 5.60 Å². The number of hydrogen-bond donors (Lipinski definition) is 0. The topological polar surface area (TPSA) is 56.5 Å². The molecule has 0 N–H and O–H groups in total. The molecule has 1 amide bonds. The summed E-state index contributed by atoms with van der Waals surface area (Å²) in [6.45, 7) is 9.48. The Morgan fingerprint density at radius 1 is 1.16 bits per heavy atom. The summed E-state index contributed by atoms with van der Waals surface area (Å²) in [4.78, 5) is 26.8. The lowest BCUT2D eigenvalue weighted by atomic mass is 10.0. The van der Waals surface area contributed by atoms with E-state index in [0.29, 0.717) is 19.6 Å². The largest absolute Gasteiger partial charge is 0.444 e. The van der Waals surface area contributed by atoms with Crippen LogP contribution in [0.1, 0.15) is 46.6 Å². The lowest BCUT2D eigenvalue weighted by molar-refractivity contribution is 0.0188. The predicted molar refractivity (Wildman–Crippen MR) is 98.0 cm³/mol. The maximum atomic E-state index is 12.8. The summed E-state index contributed by atoms with van der Waals surface area (Å²) < 4.78 is 9.17. The van der Waals surface area contributed by atoms with Crippen molar-refractivity contribution in [1.82, 2.24) is 14.0 Å². The van der Waals surface area contributed by atoms with Crippen molar-refractivity contribution in [2.75, 3.05) is 13.1 Å². The van der Waals surface area contributed by atoms with Crippen LogP contribution in [0.5, 0.6) is 0 Å². The van der Waals surface area contributed by atoms with E-state index in [1.165, 1.54) is 0 Å². The van der Waals surface area contributed by atoms with E-state index in [4.69, 9.17) is 4.74 Å². The van der Waals surface area contributed by atoms with Crippen LogP contribution in [0.3, 0.4) is 0 Å². The monoisotopic (exact) mass is 345 g/mol. The van der Waals surface area contributed by atoms with E-state index in [1.807, 2.05) is 61.1 Å². The number of likely N-dealkylation sites (tertiary alicyclic amines) is 1. The van der Waals surface area contributed by atoms with Crippen molar-refractivity contribution in [1.29, 1.82) is 0 Å². The van der Waals surface area contributed by atoms with Gasteiger partial charge < -0.3 is 9.64 Å². The average Bonchev–Trinajstić information content (AvgIpc) is 2.84. The predicted octanol–water partition coefficient (Wildman–Crippen LogP) is 3.39. The molecule has 6 heteroatoms. The Morgan fingerprint density at radius 2 is 1.76 bits per heavy atom. The molecule has 0 saturated carbocycles. The molecule has 1 aromatic carbocycles. The van der Waals surface area contributed by atoms with Gasteiger partial charge in [-0.15, -0.1) is 0 Å². The first-order valence-corrected chi connectivity index (χ1v) is 8.99. The van der Waals surface area contributed by atoms with Crippen LogP contribution in [0.2, 0.25) is 0 Å². The summed E-state index contributed by atoms with van der Waals surface area (Å²) in [6.07, 6.45) is 1.25. The van der Waals surface area contributed by atoms with E-state index in [-0.39, 0.29) is 17.8 Å². The fraction of sp³-hybridized carbons (Fsp3) is 0.579. The van der Waals surface area contributed by atoms with Gasteiger partial charge in [0, 0.05) is 25.7 Å². The number of piperidine rings is 1. The van der Waals surface area contributed by atoms with Crippen LogP contribution in [-0.2, 0) is 11.3 Å². The van der Waals surface area contributed by atoms with Crippen molar-refractivity contribution in [3.63, 3.8) is 0 Å². The second-order valence-corrected chi connectivity index (χ2v) is 7.58. The number of carbonyl (C=O) groups excluding carboxylic acids is 1. The first-order valence-electron chi connectivity index (χ1n) is 8.99. The van der Waals surface area contributed by atoms with E-state index >= 15 is 0 Å². The van der Waals surface area contributed by atoms with E-state index in [0.717, 1.165) is 23.9 Å². The molecule has 2 aromatic rings. The summed E-state index contributed by atoms with van der Waals surface area (Å²) in [5.41, 5.74) is 1.51. The molecule has 0 spiro atoms. The molecule has 2 heterocycles. The number of imidazole rings is 1. The average molecular weight is 345 g/mol. The minimum atomic E-state index is -0.487. The lowest BCUT2D eigenvalue weighted by Gasteiger charge is -2.33. The number of aromatic nitrogens is 2. The third-order valence-corrected chi connectivity index (χ3v) is 4.67. The van der Waals surface area contributed by atoms with Crippen LogP contribution in [0, 0.1) is 0 Å². The van der Waals surface area contributed by atoms with Crippen LogP contribution in [-0.4, -0.2) is 38.8 Å². The number of hydrogen-bond acceptors (Lipinski definition) is 3. The smallest absolute Gasteiger partial charge is 0.410 e. The number of fused-ring (bicyclic) bond motifs is 1. The van der Waals surface area contributed by atoms with Crippen LogP contribution >= 0.6 is 0 Å². The highest BCUT2D eigenvalue weighted by Gasteiger charge is 2.29. The number of benzene rings is 1. The maximum absolute atomic E-state index is 12.8. The Balaban J connectivity index is 1.80. The van der Waals surface area contributed by atoms with Crippen molar-refractivity contribution < 1.29 is 9.53 Å². The Morgan fingerprint density at radius 3 is 2.32 bits per heavy atom. The van der Waals surface area contributed by atoms with Gasteiger partial charge in [-0.05, 0) is 52.7 Å². The molecule has 6 nitrogen and oxygen atoms in total. The van der Waals surface area contributed by atoms with Gasteiger partial charge >= 0.3 is 11.8 Å². The summed E-state index contributed by atoms with van der Waals surface area (Å²) in [5, 5.41) is 0. The number of ether oxygens (including phenoxy) is 1. The minimum absolute atomic E-state index is 0.0411. The second-order valence-electron chi connectivity index (χ2n) is 7.58. The number of carbonyl (C=O) groups is 1. The Hall–Kier alpha value is -2.24. The van der Waals surface area contributed by atoms with Crippen LogP contribution in [0.25, 0.3) is 11.0 Å². The number of nitrogens with zero attached hydrogens (tertiary/aromatic N) is 3. The molecule has 1 aliphatic rings. The number of aryl methyl sites for hydroxylation is 1. The van der Waals surface area contributed by atoms with Gasteiger partial charge in [0.15, 0.2) is 0 Å². The molecule has 0 atom stereocenters. The molecule has 1 aromatic heterocycles. The Bertz CT molecular complexity index is 821. The van der Waals surface area contributed by atoms with Crippen LogP contribution in [0.15, 0.2) is 29.1 Å². The zero-order valence-electron chi connectivity index (χ0n) is 15.5. The molecule has 0 radical (unpaired) electrons. The molecule has 0 aliphatic carbocycles. The van der Waals surface area contributed by atoms with Crippen molar-refractivity contribution in [2.24, 2.45) is 0 Å². The molecule has 0 bridgehead atoms. The molecule has 1 aliphatic heterocycles. The van der Waals surface area contributed by atoms with E-state index in [2.05, 4.69) is 0 Å². The van der Waals surface area contributed by atoms with E-state index < -0.39 is 5.60 Å². The van der Waals surface area contributed by atoms with Crippen LogP contribution in [0.4, 0.5) is 4.79 Å². The van der Waals surface area contributed by atoms with E-state index in [9.17, 15) is 9.59 Å². The molecular weight excluding hydrogens is 318 g/mol. The SMILES string of the molecule is CCn1c(=O)n(C2CCN(C(=O)OC(C)(C)C)CC2)c2ccccc21. The fourth-order valence-electron chi connectivity index (χ4n) is 3.52. The third-order valence-electron chi connectivity index (χ3n) is 4.67. The summed E-state index contributed by atoms with van der Waals surface area (Å²) in [6, 6.07) is 8.04. The second kappa shape index (κ2) is 6.58. The summed E-state index contributed by atoms with van der Waals surface area (Å²) >= 11 is 0. The van der Waals surface area contributed by atoms with Gasteiger partial charge in [0.05, 0.1) is 11.0 Å². The highest BCUT2D eigenvalue weighted by atomic mass is 16.6. The Labute approximate surface area is 148 Å². The van der Waals surface area contributed by atoms with Gasteiger partial charge in [-0.3, -0.25) is 9.13 Å². The standard InChI is InChI=1S/C19H27N3O3/c1-5-21-15-8-6-7-9-16(15)22(17(21)23)14-10-12-20(13-11-14)18(24)25-19(2,3)4/h6-9,14H,5,10-13H2,1-4H3. The fourth-order valence-corrected chi connectivity index (χ4v) is 3.52. The first kappa shape index (κ1) is 17.6. The van der Waals surface area contributed by atoms with Crippen molar-refractivity contribution >= 4 is 17.1 Å². The maximum Gasteiger partial charge on any atom is 0.410 e. The molecular formula is C19H27N3O3. The lowest BCUT2D eigenvalue weighted by Crippen LogP contribution is -2.43. The normalized spacial score (nSPS) is 16.4. The van der Waals surface area contributed by atoms with Crippen molar-refractivity contribution in [3.05, 3.63) is 34.7 Å². The summed E-state index contributed by atoms with van der Waals surface area (Å²) in [5.74, 6) is 0. The molecule has 136 valence electrons. The first-order chi connectivity index (χ1) is 11.8. The van der Waals surface area contributed by atoms with Gasteiger partial charge in [-0.25, -0.2) is 9.59 Å². The molecule has 1 fully saturated rings. The van der Waals surface area contributed by atoms with Gasteiger partial charge in [-0.2, -0.15) is 0 Å². The number of amides is 1. The number of rotatable bonds is 2. The molecule has 25 heavy (non-hydrogen) atoms. The number of para-hydroxylation sites is 2. The van der Waals surface area contributed by atoms with Gasteiger partial charge in [-0.1, -0.05) is 12.1 Å². The van der Waals surface area contributed by atoms with Gasteiger partial charge in [0.25, 0.3) is 0 Å². The highest BCUT2D eigenvalue weighted by molar-refractivity contribution is 5.76. The highest BCUT2D eigenvalue weighted by Crippen LogP contribution is 2.26. The Kier molecular flexibility index (Phi) is 4.62. The molecule has 0 unspecified atom stereocenters. The quantitative estimate of drug-likeness (QED) is 0.838. The van der Waals surface area contributed by atoms with Crippen molar-refractivity contribution in [3.8, 4) is 0 Å². The zero-order valence-corrected chi connectivity index (χ0v) is 15.5. The molecule has 3 rings (SSSR count). The zero-order chi connectivity index (χ0) is 18.2. The minimum Gasteiger partial charge on any atom is -0.444 e. The van der Waals surface area contributed by atoms with Gasteiger partial charge in [0.2, 0.25) is 0 Å². The van der Waals surface area contributed by atoms with Crippen LogP contribution < -0.4 is 5.69 Å². The third kappa shape index (κ3) is 3.43.